The van der Waals surface area contributed by atoms with Gasteiger partial charge in [0.05, 0.1) is 19.3 Å². The Kier molecular flexibility index (Phi) is 8.51. The highest BCUT2D eigenvalue weighted by atomic mass is 32.1. The van der Waals surface area contributed by atoms with Crippen molar-refractivity contribution in [2.24, 2.45) is 0 Å². The Labute approximate surface area is 211 Å². The largest absolute Gasteiger partial charge is 0.493 e. The zero-order chi connectivity index (χ0) is 24.8. The number of carbonyl (C=O) groups excluding carboxylic acids is 2. The Bertz CT molecular complexity index is 1000. The summed E-state index contributed by atoms with van der Waals surface area (Å²) in [5.41, 5.74) is 1.11. The van der Waals surface area contributed by atoms with Crippen LogP contribution in [0.15, 0.2) is 35.7 Å². The van der Waals surface area contributed by atoms with Crippen molar-refractivity contribution in [3.8, 4) is 11.5 Å². The molecule has 1 saturated heterocycles. The molecule has 2 aliphatic rings. The summed E-state index contributed by atoms with van der Waals surface area (Å²) >= 11 is 1.71. The summed E-state index contributed by atoms with van der Waals surface area (Å²) in [7, 11) is 1.61. The number of hydrogen-bond acceptors (Lipinski definition) is 6. The number of ether oxygens (including phenoxy) is 3. The molecule has 2 aromatic rings. The lowest BCUT2D eigenvalue weighted by Crippen LogP contribution is -2.52. The first-order chi connectivity index (χ1) is 17.0. The van der Waals surface area contributed by atoms with Crippen molar-refractivity contribution in [1.29, 1.82) is 0 Å². The third-order valence-corrected chi connectivity index (χ3v) is 7.35. The smallest absolute Gasteiger partial charge is 0.318 e. The van der Waals surface area contributed by atoms with Crippen LogP contribution in [-0.2, 0) is 16.0 Å². The highest BCUT2D eigenvalue weighted by molar-refractivity contribution is 7.10. The Morgan fingerprint density at radius 1 is 1.26 bits per heavy atom. The molecule has 4 rings (SSSR count). The van der Waals surface area contributed by atoms with Gasteiger partial charge in [0.15, 0.2) is 11.5 Å². The molecule has 1 aromatic carbocycles. The molecule has 9 heteroatoms. The molecule has 2 atom stereocenters. The molecule has 0 saturated carbocycles. The van der Waals surface area contributed by atoms with E-state index in [9.17, 15) is 9.59 Å². The Morgan fingerprint density at radius 2 is 2.06 bits per heavy atom. The number of para-hydroxylation sites is 2. The molecule has 1 fully saturated rings. The van der Waals surface area contributed by atoms with E-state index in [1.807, 2.05) is 43.0 Å². The summed E-state index contributed by atoms with van der Waals surface area (Å²) in [4.78, 5) is 31.3. The first-order valence-corrected chi connectivity index (χ1v) is 13.1. The molecule has 0 bridgehead atoms. The van der Waals surface area contributed by atoms with E-state index < -0.39 is 0 Å². The van der Waals surface area contributed by atoms with Gasteiger partial charge < -0.3 is 29.3 Å². The van der Waals surface area contributed by atoms with Crippen molar-refractivity contribution in [3.05, 3.63) is 46.2 Å². The van der Waals surface area contributed by atoms with E-state index in [-0.39, 0.29) is 36.7 Å². The summed E-state index contributed by atoms with van der Waals surface area (Å²) in [6.07, 6.45) is 2.65. The van der Waals surface area contributed by atoms with Gasteiger partial charge in [-0.05, 0) is 62.3 Å². The highest BCUT2D eigenvalue weighted by Gasteiger charge is 2.34. The van der Waals surface area contributed by atoms with Crippen LogP contribution in [0.1, 0.15) is 43.2 Å². The van der Waals surface area contributed by atoms with Crippen molar-refractivity contribution in [1.82, 2.24) is 15.1 Å². The zero-order valence-corrected chi connectivity index (χ0v) is 21.5. The van der Waals surface area contributed by atoms with E-state index >= 15 is 0 Å². The van der Waals surface area contributed by atoms with Crippen molar-refractivity contribution in [2.45, 2.75) is 51.3 Å². The van der Waals surface area contributed by atoms with Crippen LogP contribution < -0.4 is 14.8 Å². The second-order valence-electron chi connectivity index (χ2n) is 9.23. The van der Waals surface area contributed by atoms with Crippen molar-refractivity contribution < 1.29 is 23.8 Å². The number of nitrogens with zero attached hydrogens (tertiary/aromatic N) is 2. The third-order valence-electron chi connectivity index (χ3n) is 6.35. The first kappa shape index (κ1) is 25.3. The normalized spacial score (nSPS) is 19.4. The number of benzene rings is 1. The number of fused-ring (bicyclic) bond motifs is 1. The molecule has 2 aliphatic heterocycles. The average molecular weight is 502 g/mol. The Morgan fingerprint density at radius 3 is 2.77 bits per heavy atom. The van der Waals surface area contributed by atoms with Crippen LogP contribution in [0.5, 0.6) is 11.5 Å². The fourth-order valence-electron chi connectivity index (χ4n) is 4.63. The van der Waals surface area contributed by atoms with Gasteiger partial charge in [0, 0.05) is 30.6 Å². The number of thiophene rings is 1. The molecule has 2 unspecified atom stereocenters. The predicted octanol–water partition coefficient (Wildman–Crippen LogP) is 3.86. The third kappa shape index (κ3) is 6.27. The minimum atomic E-state index is -0.237. The maximum Gasteiger partial charge on any atom is 0.318 e. The van der Waals surface area contributed by atoms with Crippen LogP contribution in [0.2, 0.25) is 0 Å². The van der Waals surface area contributed by atoms with Gasteiger partial charge in [0.1, 0.15) is 13.2 Å². The molecule has 1 N–H and O–H groups in total. The van der Waals surface area contributed by atoms with Gasteiger partial charge in [0.2, 0.25) is 5.91 Å². The van der Waals surface area contributed by atoms with Crippen LogP contribution in [0, 0.1) is 0 Å². The lowest BCUT2D eigenvalue weighted by atomic mass is 10.0. The van der Waals surface area contributed by atoms with Crippen LogP contribution in [0.4, 0.5) is 4.79 Å². The van der Waals surface area contributed by atoms with E-state index in [0.29, 0.717) is 37.8 Å². The minimum absolute atomic E-state index is 0.00302. The molecule has 0 radical (unpaired) electrons. The van der Waals surface area contributed by atoms with Crippen LogP contribution in [0.3, 0.4) is 0 Å². The summed E-state index contributed by atoms with van der Waals surface area (Å²) in [6, 6.07) is 9.09. The summed E-state index contributed by atoms with van der Waals surface area (Å²) in [6.45, 7) is 5.84. The summed E-state index contributed by atoms with van der Waals surface area (Å²) in [5, 5.41) is 4.99. The number of urea groups is 1. The van der Waals surface area contributed by atoms with E-state index in [1.165, 1.54) is 4.88 Å². The van der Waals surface area contributed by atoms with Crippen LogP contribution in [0.25, 0.3) is 0 Å². The number of methoxy groups -OCH3 is 1. The van der Waals surface area contributed by atoms with E-state index in [4.69, 9.17) is 14.2 Å². The topological polar surface area (TPSA) is 80.3 Å². The Hall–Kier alpha value is -2.78. The summed E-state index contributed by atoms with van der Waals surface area (Å²) < 4.78 is 17.3. The van der Waals surface area contributed by atoms with E-state index in [1.54, 1.807) is 23.3 Å². The van der Waals surface area contributed by atoms with Gasteiger partial charge in [-0.2, -0.15) is 0 Å². The predicted molar refractivity (Wildman–Crippen MR) is 135 cm³/mol. The lowest BCUT2D eigenvalue weighted by molar-refractivity contribution is -0.135. The van der Waals surface area contributed by atoms with Gasteiger partial charge in [-0.25, -0.2) is 4.79 Å². The zero-order valence-electron chi connectivity index (χ0n) is 20.7. The molecule has 3 amide bonds. The molecular weight excluding hydrogens is 466 g/mol. The number of nitrogens with one attached hydrogen (secondary N) is 1. The van der Waals surface area contributed by atoms with Gasteiger partial charge in [-0.15, -0.1) is 11.3 Å². The van der Waals surface area contributed by atoms with Crippen molar-refractivity contribution in [2.75, 3.05) is 40.0 Å². The van der Waals surface area contributed by atoms with Crippen LogP contribution >= 0.6 is 11.3 Å². The second-order valence-corrected chi connectivity index (χ2v) is 10.2. The standard InChI is InChI=1S/C26H35N3O5S/c1-18(2)27-26(31)28(15-19-7-6-13-33-19)16-25(30)29-12-10-24-20(11-14-35-24)21(29)17-34-23-9-5-4-8-22(23)32-3/h4-5,8-9,11,14,18-19,21H,6-7,10,12-13,15-17H2,1-3H3,(H,27,31). The molecule has 0 aliphatic carbocycles. The lowest BCUT2D eigenvalue weighted by Gasteiger charge is -2.37. The minimum Gasteiger partial charge on any atom is -0.493 e. The molecule has 0 spiro atoms. The Balaban J connectivity index is 1.50. The van der Waals surface area contributed by atoms with E-state index in [2.05, 4.69) is 16.8 Å². The maximum atomic E-state index is 13.6. The number of carbonyl (C=O) groups is 2. The molecule has 35 heavy (non-hydrogen) atoms. The highest BCUT2D eigenvalue weighted by Crippen LogP contribution is 2.35. The molecule has 1 aromatic heterocycles. The summed E-state index contributed by atoms with van der Waals surface area (Å²) in [5.74, 6) is 1.20. The fraction of sp³-hybridized carbons (Fsp3) is 0.538. The van der Waals surface area contributed by atoms with Crippen LogP contribution in [-0.4, -0.2) is 73.8 Å². The number of rotatable bonds is 9. The quantitative estimate of drug-likeness (QED) is 0.564. The van der Waals surface area contributed by atoms with Gasteiger partial charge in [-0.3, -0.25) is 4.79 Å². The first-order valence-electron chi connectivity index (χ1n) is 12.2. The SMILES string of the molecule is COc1ccccc1OCC1c2ccsc2CCN1C(=O)CN(CC1CCCO1)C(=O)NC(C)C. The van der Waals surface area contributed by atoms with Gasteiger partial charge >= 0.3 is 6.03 Å². The second kappa shape index (κ2) is 11.8. The maximum absolute atomic E-state index is 13.6. The average Bonchev–Trinajstić information content (AvgIpc) is 3.53. The van der Waals surface area contributed by atoms with Gasteiger partial charge in [0.25, 0.3) is 0 Å². The number of amides is 3. The van der Waals surface area contributed by atoms with Crippen molar-refractivity contribution in [3.63, 3.8) is 0 Å². The fourth-order valence-corrected chi connectivity index (χ4v) is 5.56. The molecular formula is C26H35N3O5S. The van der Waals surface area contributed by atoms with Crippen molar-refractivity contribution >= 4 is 23.3 Å². The van der Waals surface area contributed by atoms with E-state index in [0.717, 1.165) is 24.8 Å². The molecule has 3 heterocycles. The number of hydrogen-bond donors (Lipinski definition) is 1. The molecule has 190 valence electrons. The monoisotopic (exact) mass is 501 g/mol. The van der Waals surface area contributed by atoms with Gasteiger partial charge in [-0.1, -0.05) is 12.1 Å². The molecule has 8 nitrogen and oxygen atoms in total.